The van der Waals surface area contributed by atoms with Crippen LogP contribution in [0.5, 0.6) is 0 Å². The largest absolute Gasteiger partial charge is 0.505 e. The Morgan fingerprint density at radius 2 is 2.19 bits per heavy atom. The first-order chi connectivity index (χ1) is 7.57. The Hall–Kier alpha value is -2.04. The molecule has 0 saturated heterocycles. The van der Waals surface area contributed by atoms with Gasteiger partial charge in [-0.3, -0.25) is 9.78 Å². The summed E-state index contributed by atoms with van der Waals surface area (Å²) in [7, 11) is 0. The van der Waals surface area contributed by atoms with Crippen LogP contribution in [0, 0.1) is 10.8 Å². The molecule has 0 aliphatic carbocycles. The second-order valence-electron chi connectivity index (χ2n) is 3.55. The highest BCUT2D eigenvalue weighted by Crippen LogP contribution is 2.19. The number of rotatable bonds is 4. The number of ketones is 1. The van der Waals surface area contributed by atoms with E-state index in [4.69, 9.17) is 0 Å². The van der Waals surface area contributed by atoms with E-state index < -0.39 is 23.2 Å². The summed E-state index contributed by atoms with van der Waals surface area (Å²) in [4.78, 5) is 25.9. The molecule has 0 bridgehead atoms. The Bertz CT molecular complexity index is 424. The van der Waals surface area contributed by atoms with Gasteiger partial charge in [-0.1, -0.05) is 13.8 Å². The third-order valence-corrected chi connectivity index (χ3v) is 2.01. The summed E-state index contributed by atoms with van der Waals surface area (Å²) in [6, 6.07) is 3.13. The van der Waals surface area contributed by atoms with Crippen molar-refractivity contribution in [3.63, 3.8) is 0 Å². The normalized spacial score (nSPS) is 12.2. The van der Waals surface area contributed by atoms with E-state index in [1.54, 1.807) is 26.0 Å². The topological polar surface area (TPSA) is 79.6 Å². The molecule has 1 aromatic rings. The zero-order chi connectivity index (χ0) is 12.1. The molecular weight excluding hydrogens is 208 g/mol. The quantitative estimate of drug-likeness (QED) is 0.479. The lowest BCUT2D eigenvalue weighted by atomic mass is 10.0. The van der Waals surface area contributed by atoms with Gasteiger partial charge in [-0.15, -0.1) is 4.91 Å². The predicted molar refractivity (Wildman–Crippen MR) is 59.4 cm³/mol. The predicted octanol–water partition coefficient (Wildman–Crippen LogP) is 2.30. The molecule has 84 valence electrons. The molecule has 0 aromatic carbocycles. The van der Waals surface area contributed by atoms with Crippen LogP contribution >= 0.6 is 0 Å². The Labute approximate surface area is 92.8 Å². The molecule has 0 radical (unpaired) electrons. The number of allylic oxidation sites excluding steroid dienone is 1. The number of Topliss-reactive ketones (excluding diaryl/α,β-unsaturated/α-hetero) is 1. The van der Waals surface area contributed by atoms with E-state index in [9.17, 15) is 14.8 Å². The summed E-state index contributed by atoms with van der Waals surface area (Å²) < 4.78 is 0. The first-order valence-electron chi connectivity index (χ1n) is 4.79. The van der Waals surface area contributed by atoms with E-state index in [1.807, 2.05) is 0 Å². The zero-order valence-electron chi connectivity index (χ0n) is 9.04. The third-order valence-electron chi connectivity index (χ3n) is 2.01. The number of nitroso groups, excluding NO2 is 1. The maximum absolute atomic E-state index is 11.6. The van der Waals surface area contributed by atoms with Crippen molar-refractivity contribution in [3.8, 4) is 0 Å². The lowest BCUT2D eigenvalue weighted by Gasteiger charge is -2.05. The average Bonchev–Trinajstić information content (AvgIpc) is 2.30. The molecule has 0 atom stereocenters. The van der Waals surface area contributed by atoms with Crippen molar-refractivity contribution >= 4 is 11.5 Å². The highest BCUT2D eigenvalue weighted by atomic mass is 16.3. The van der Waals surface area contributed by atoms with Crippen LogP contribution in [-0.4, -0.2) is 15.9 Å². The summed E-state index contributed by atoms with van der Waals surface area (Å²) in [6.45, 7) is 3.26. The molecule has 1 N–H and O–H groups in total. The van der Waals surface area contributed by atoms with Crippen molar-refractivity contribution in [3.05, 3.63) is 40.7 Å². The molecule has 1 heterocycles. The fourth-order valence-corrected chi connectivity index (χ4v) is 1.12. The van der Waals surface area contributed by atoms with Crippen molar-refractivity contribution in [2.24, 2.45) is 11.1 Å². The second-order valence-corrected chi connectivity index (χ2v) is 3.55. The molecule has 0 unspecified atom stereocenters. The van der Waals surface area contributed by atoms with Crippen LogP contribution in [0.4, 0.5) is 0 Å². The van der Waals surface area contributed by atoms with Gasteiger partial charge < -0.3 is 5.11 Å². The smallest absolute Gasteiger partial charge is 0.193 e. The molecule has 5 heteroatoms. The fraction of sp³-hybridized carbons (Fsp3) is 0.273. The molecule has 0 amide bonds. The Morgan fingerprint density at radius 3 is 2.62 bits per heavy atom. The molecule has 0 fully saturated rings. The van der Waals surface area contributed by atoms with Gasteiger partial charge in [0.05, 0.1) is 0 Å². The molecule has 0 spiro atoms. The minimum atomic E-state index is -0.489. The summed E-state index contributed by atoms with van der Waals surface area (Å²) in [5.41, 5.74) is -0.158. The molecule has 5 nitrogen and oxygen atoms in total. The summed E-state index contributed by atoms with van der Waals surface area (Å²) in [5, 5.41) is 12.3. The number of aliphatic hydroxyl groups is 1. The average molecular weight is 220 g/mol. The van der Waals surface area contributed by atoms with Gasteiger partial charge in [0, 0.05) is 23.9 Å². The standard InChI is InChI=1S/C11H12N2O3/c1-7(2)10(14)9(13-16)11(15)8-4-3-5-12-6-8/h3-7,15H,1-2H3. The van der Waals surface area contributed by atoms with Crippen molar-refractivity contribution in [2.75, 3.05) is 0 Å². The lowest BCUT2D eigenvalue weighted by molar-refractivity contribution is -0.118. The van der Waals surface area contributed by atoms with Gasteiger partial charge in [-0.25, -0.2) is 0 Å². The monoisotopic (exact) mass is 220 g/mol. The minimum absolute atomic E-state index is 0.297. The minimum Gasteiger partial charge on any atom is -0.505 e. The van der Waals surface area contributed by atoms with Crippen molar-refractivity contribution in [1.29, 1.82) is 0 Å². The van der Waals surface area contributed by atoms with E-state index in [0.717, 1.165) is 0 Å². The van der Waals surface area contributed by atoms with E-state index in [0.29, 0.717) is 5.56 Å². The molecule has 0 aliphatic rings. The van der Waals surface area contributed by atoms with Gasteiger partial charge in [-0.2, -0.15) is 0 Å². The SMILES string of the molecule is CC(C)C(=O)C(N=O)=C(O)c1cccnc1. The fourth-order valence-electron chi connectivity index (χ4n) is 1.12. The Kier molecular flexibility index (Phi) is 3.88. The van der Waals surface area contributed by atoms with Crippen LogP contribution in [0.2, 0.25) is 0 Å². The highest BCUT2D eigenvalue weighted by Gasteiger charge is 2.20. The summed E-state index contributed by atoms with van der Waals surface area (Å²) in [6.07, 6.45) is 2.88. The number of hydrogen-bond acceptors (Lipinski definition) is 5. The molecule has 1 rings (SSSR count). The molecule has 0 aliphatic heterocycles. The van der Waals surface area contributed by atoms with Gasteiger partial charge in [0.2, 0.25) is 0 Å². The summed E-state index contributed by atoms with van der Waals surface area (Å²) in [5.74, 6) is -1.32. The maximum Gasteiger partial charge on any atom is 0.193 e. The molecule has 0 saturated carbocycles. The van der Waals surface area contributed by atoms with Gasteiger partial charge in [0.15, 0.2) is 17.2 Å². The molecule has 1 aromatic heterocycles. The van der Waals surface area contributed by atoms with E-state index in [1.165, 1.54) is 12.4 Å². The van der Waals surface area contributed by atoms with Crippen molar-refractivity contribution in [2.45, 2.75) is 13.8 Å². The number of carbonyl (C=O) groups is 1. The van der Waals surface area contributed by atoms with Gasteiger partial charge in [-0.05, 0) is 17.3 Å². The van der Waals surface area contributed by atoms with Crippen LogP contribution in [-0.2, 0) is 4.79 Å². The Balaban J connectivity index is 3.20. The van der Waals surface area contributed by atoms with E-state index >= 15 is 0 Å². The zero-order valence-corrected chi connectivity index (χ0v) is 9.04. The number of nitrogens with zero attached hydrogens (tertiary/aromatic N) is 2. The number of carbonyl (C=O) groups excluding carboxylic acids is 1. The second kappa shape index (κ2) is 5.16. The Morgan fingerprint density at radius 1 is 1.50 bits per heavy atom. The molecular formula is C11H12N2O3. The maximum atomic E-state index is 11.6. The highest BCUT2D eigenvalue weighted by molar-refractivity contribution is 6.01. The van der Waals surface area contributed by atoms with Crippen LogP contribution in [0.25, 0.3) is 5.76 Å². The van der Waals surface area contributed by atoms with Crippen LogP contribution in [0.1, 0.15) is 19.4 Å². The first-order valence-corrected chi connectivity index (χ1v) is 4.79. The van der Waals surface area contributed by atoms with Crippen LogP contribution in [0.3, 0.4) is 0 Å². The lowest BCUT2D eigenvalue weighted by Crippen LogP contribution is -2.10. The first kappa shape index (κ1) is 12.0. The summed E-state index contributed by atoms with van der Waals surface area (Å²) >= 11 is 0. The van der Waals surface area contributed by atoms with Crippen molar-refractivity contribution < 1.29 is 9.90 Å². The number of pyridine rings is 1. The van der Waals surface area contributed by atoms with E-state index in [-0.39, 0.29) is 0 Å². The van der Waals surface area contributed by atoms with Crippen LogP contribution in [0.15, 0.2) is 35.4 Å². The van der Waals surface area contributed by atoms with Crippen LogP contribution < -0.4 is 0 Å². The van der Waals surface area contributed by atoms with E-state index in [2.05, 4.69) is 10.2 Å². The van der Waals surface area contributed by atoms with Crippen molar-refractivity contribution in [1.82, 2.24) is 4.98 Å². The number of aliphatic hydroxyl groups excluding tert-OH is 1. The van der Waals surface area contributed by atoms with Gasteiger partial charge >= 0.3 is 0 Å². The molecule has 16 heavy (non-hydrogen) atoms. The number of hydrogen-bond donors (Lipinski definition) is 1. The third kappa shape index (κ3) is 2.50. The number of aromatic nitrogens is 1. The van der Waals surface area contributed by atoms with Gasteiger partial charge in [0.25, 0.3) is 0 Å². The van der Waals surface area contributed by atoms with Gasteiger partial charge in [0.1, 0.15) is 0 Å².